The SMILES string of the molecule is O=C(NN=Cc1ccccc1O)C(=O)Nc1cc(Cl)cc(Cl)c1. The Bertz CT molecular complexity index is 758. The van der Waals surface area contributed by atoms with Gasteiger partial charge in [0.05, 0.1) is 6.21 Å². The summed E-state index contributed by atoms with van der Waals surface area (Å²) in [5.74, 6) is -1.91. The fourth-order valence-electron chi connectivity index (χ4n) is 1.62. The van der Waals surface area contributed by atoms with Gasteiger partial charge in [0.1, 0.15) is 5.75 Å². The number of anilines is 1. The molecule has 2 aromatic carbocycles. The maximum atomic E-state index is 11.7. The predicted octanol–water partition coefficient (Wildman–Crippen LogP) is 2.79. The molecule has 0 aromatic heterocycles. The number of hydrogen-bond donors (Lipinski definition) is 3. The van der Waals surface area contributed by atoms with E-state index in [1.165, 1.54) is 30.5 Å². The number of para-hydroxylation sites is 1. The lowest BCUT2D eigenvalue weighted by Crippen LogP contribution is -2.32. The second-order valence-corrected chi connectivity index (χ2v) is 5.24. The summed E-state index contributed by atoms with van der Waals surface area (Å²) in [5.41, 5.74) is 2.73. The number of phenolic OH excluding ortho intramolecular Hbond substituents is 1. The summed E-state index contributed by atoms with van der Waals surface area (Å²) in [6.45, 7) is 0. The first-order valence-corrected chi connectivity index (χ1v) is 7.10. The smallest absolute Gasteiger partial charge is 0.329 e. The molecule has 0 saturated heterocycles. The van der Waals surface area contributed by atoms with E-state index in [-0.39, 0.29) is 11.4 Å². The van der Waals surface area contributed by atoms with Crippen molar-refractivity contribution in [3.8, 4) is 5.75 Å². The van der Waals surface area contributed by atoms with Gasteiger partial charge in [-0.05, 0) is 30.3 Å². The first kappa shape index (κ1) is 16.8. The Morgan fingerprint density at radius 3 is 2.35 bits per heavy atom. The summed E-state index contributed by atoms with van der Waals surface area (Å²) in [7, 11) is 0. The zero-order valence-electron chi connectivity index (χ0n) is 11.6. The number of benzene rings is 2. The molecule has 2 aromatic rings. The molecule has 23 heavy (non-hydrogen) atoms. The number of phenols is 1. The van der Waals surface area contributed by atoms with Gasteiger partial charge < -0.3 is 10.4 Å². The van der Waals surface area contributed by atoms with Crippen LogP contribution < -0.4 is 10.7 Å². The molecule has 0 fully saturated rings. The highest BCUT2D eigenvalue weighted by Crippen LogP contribution is 2.22. The van der Waals surface area contributed by atoms with Crippen LogP contribution in [-0.2, 0) is 9.59 Å². The van der Waals surface area contributed by atoms with Crippen molar-refractivity contribution in [3.63, 3.8) is 0 Å². The van der Waals surface area contributed by atoms with E-state index in [1.807, 2.05) is 5.43 Å². The second kappa shape index (κ2) is 7.62. The Balaban J connectivity index is 1.95. The van der Waals surface area contributed by atoms with Crippen molar-refractivity contribution in [2.75, 3.05) is 5.32 Å². The van der Waals surface area contributed by atoms with Gasteiger partial charge in [0.2, 0.25) is 0 Å². The normalized spacial score (nSPS) is 10.5. The summed E-state index contributed by atoms with van der Waals surface area (Å²) < 4.78 is 0. The molecule has 8 heteroatoms. The first-order chi connectivity index (χ1) is 11.0. The molecule has 0 unspecified atom stereocenters. The molecule has 0 radical (unpaired) electrons. The maximum absolute atomic E-state index is 11.7. The van der Waals surface area contributed by atoms with E-state index in [9.17, 15) is 14.7 Å². The van der Waals surface area contributed by atoms with Crippen LogP contribution in [0.1, 0.15) is 5.56 Å². The number of rotatable bonds is 3. The predicted molar refractivity (Wildman–Crippen MR) is 88.9 cm³/mol. The summed E-state index contributed by atoms with van der Waals surface area (Å²) in [6.07, 6.45) is 1.22. The molecule has 2 amide bonds. The fraction of sp³-hybridized carbons (Fsp3) is 0. The topological polar surface area (TPSA) is 90.8 Å². The van der Waals surface area contributed by atoms with Crippen molar-refractivity contribution in [1.29, 1.82) is 0 Å². The number of hydrazone groups is 1. The molecule has 0 bridgehead atoms. The Hall–Kier alpha value is -2.57. The van der Waals surface area contributed by atoms with E-state index < -0.39 is 11.8 Å². The van der Waals surface area contributed by atoms with Gasteiger partial charge in [-0.1, -0.05) is 35.3 Å². The number of nitrogens with one attached hydrogen (secondary N) is 2. The van der Waals surface area contributed by atoms with Crippen molar-refractivity contribution < 1.29 is 14.7 Å². The van der Waals surface area contributed by atoms with E-state index in [2.05, 4.69) is 10.4 Å². The standard InChI is InChI=1S/C15H11Cl2N3O3/c16-10-5-11(17)7-12(6-10)19-14(22)15(23)20-18-8-9-3-1-2-4-13(9)21/h1-8,21H,(H,19,22)(H,20,23). The summed E-state index contributed by atoms with van der Waals surface area (Å²) in [6, 6.07) is 10.8. The molecule has 0 aliphatic carbocycles. The quantitative estimate of drug-likeness (QED) is 0.451. The average Bonchev–Trinajstić information content (AvgIpc) is 2.48. The average molecular weight is 352 g/mol. The lowest BCUT2D eigenvalue weighted by Gasteiger charge is -2.05. The van der Waals surface area contributed by atoms with Crippen LogP contribution >= 0.6 is 23.2 Å². The fourth-order valence-corrected chi connectivity index (χ4v) is 2.15. The van der Waals surface area contributed by atoms with Crippen molar-refractivity contribution >= 4 is 46.9 Å². The number of amides is 2. The molecule has 118 valence electrons. The molecule has 0 heterocycles. The van der Waals surface area contributed by atoms with E-state index in [4.69, 9.17) is 23.2 Å². The van der Waals surface area contributed by atoms with Gasteiger partial charge in [-0.2, -0.15) is 5.10 Å². The summed E-state index contributed by atoms with van der Waals surface area (Å²) in [4.78, 5) is 23.3. The van der Waals surface area contributed by atoms with E-state index in [0.29, 0.717) is 15.6 Å². The Labute approximate surface area is 141 Å². The van der Waals surface area contributed by atoms with E-state index >= 15 is 0 Å². The van der Waals surface area contributed by atoms with Crippen molar-refractivity contribution in [2.45, 2.75) is 0 Å². The highest BCUT2D eigenvalue weighted by molar-refractivity contribution is 6.40. The van der Waals surface area contributed by atoms with Crippen LogP contribution in [0.25, 0.3) is 0 Å². The molecule has 0 aliphatic rings. The molecular weight excluding hydrogens is 341 g/mol. The zero-order chi connectivity index (χ0) is 16.8. The summed E-state index contributed by atoms with van der Waals surface area (Å²) in [5, 5.41) is 16.1. The van der Waals surface area contributed by atoms with Gasteiger partial charge in [0, 0.05) is 21.3 Å². The molecule has 6 nitrogen and oxygen atoms in total. The van der Waals surface area contributed by atoms with Crippen LogP contribution in [0.4, 0.5) is 5.69 Å². The highest BCUT2D eigenvalue weighted by Gasteiger charge is 2.13. The Kier molecular flexibility index (Phi) is 5.56. The lowest BCUT2D eigenvalue weighted by atomic mass is 10.2. The van der Waals surface area contributed by atoms with Gasteiger partial charge in [-0.25, -0.2) is 5.43 Å². The summed E-state index contributed by atoms with van der Waals surface area (Å²) >= 11 is 11.6. The van der Waals surface area contributed by atoms with Gasteiger partial charge in [-0.3, -0.25) is 9.59 Å². The zero-order valence-corrected chi connectivity index (χ0v) is 13.1. The highest BCUT2D eigenvalue weighted by atomic mass is 35.5. The van der Waals surface area contributed by atoms with Gasteiger partial charge >= 0.3 is 11.8 Å². The van der Waals surface area contributed by atoms with E-state index in [1.54, 1.807) is 18.2 Å². The maximum Gasteiger partial charge on any atom is 0.329 e. The number of aromatic hydroxyl groups is 1. The van der Waals surface area contributed by atoms with Crippen molar-refractivity contribution in [2.24, 2.45) is 5.10 Å². The minimum absolute atomic E-state index is 0.00326. The third kappa shape index (κ3) is 4.98. The van der Waals surface area contributed by atoms with Crippen LogP contribution in [0.5, 0.6) is 5.75 Å². The third-order valence-electron chi connectivity index (χ3n) is 2.63. The molecule has 0 atom stereocenters. The number of carbonyl (C=O) groups excluding carboxylic acids is 2. The Morgan fingerprint density at radius 1 is 1.04 bits per heavy atom. The van der Waals surface area contributed by atoms with Gasteiger partial charge in [0.25, 0.3) is 0 Å². The minimum atomic E-state index is -0.979. The van der Waals surface area contributed by atoms with E-state index in [0.717, 1.165) is 0 Å². The molecule has 0 aliphatic heterocycles. The lowest BCUT2D eigenvalue weighted by molar-refractivity contribution is -0.136. The van der Waals surface area contributed by atoms with Gasteiger partial charge in [-0.15, -0.1) is 0 Å². The molecule has 2 rings (SSSR count). The van der Waals surface area contributed by atoms with Crippen LogP contribution in [-0.4, -0.2) is 23.1 Å². The largest absolute Gasteiger partial charge is 0.507 e. The minimum Gasteiger partial charge on any atom is -0.507 e. The monoisotopic (exact) mass is 351 g/mol. The van der Waals surface area contributed by atoms with Crippen molar-refractivity contribution in [1.82, 2.24) is 5.43 Å². The molecule has 3 N–H and O–H groups in total. The van der Waals surface area contributed by atoms with Gasteiger partial charge in [0.15, 0.2) is 0 Å². The third-order valence-corrected chi connectivity index (χ3v) is 3.07. The van der Waals surface area contributed by atoms with Crippen LogP contribution in [0.2, 0.25) is 10.0 Å². The van der Waals surface area contributed by atoms with Crippen molar-refractivity contribution in [3.05, 3.63) is 58.1 Å². The number of hydrogen-bond acceptors (Lipinski definition) is 4. The molecule has 0 saturated carbocycles. The Morgan fingerprint density at radius 2 is 1.70 bits per heavy atom. The first-order valence-electron chi connectivity index (χ1n) is 6.34. The molecule has 0 spiro atoms. The number of nitrogens with zero attached hydrogens (tertiary/aromatic N) is 1. The number of halogens is 2. The van der Waals surface area contributed by atoms with Crippen LogP contribution in [0.3, 0.4) is 0 Å². The molecular formula is C15H11Cl2N3O3. The second-order valence-electron chi connectivity index (χ2n) is 4.37. The number of carbonyl (C=O) groups is 2. The van der Waals surface area contributed by atoms with Crippen LogP contribution in [0.15, 0.2) is 47.6 Å². The van der Waals surface area contributed by atoms with Crippen LogP contribution in [0, 0.1) is 0 Å².